The molecule has 0 aromatic heterocycles. The summed E-state index contributed by atoms with van der Waals surface area (Å²) in [7, 11) is -1.22. The van der Waals surface area contributed by atoms with Crippen LogP contribution in [0.1, 0.15) is 32.6 Å². The SMILES string of the molecule is CCS(=O)(=O)CCCC(N)C1(OC)CCOCC1. The van der Waals surface area contributed by atoms with Crippen LogP contribution in [0.3, 0.4) is 0 Å². The molecule has 5 nitrogen and oxygen atoms in total. The molecule has 1 atom stereocenters. The van der Waals surface area contributed by atoms with E-state index in [4.69, 9.17) is 15.2 Å². The van der Waals surface area contributed by atoms with Crippen LogP contribution < -0.4 is 5.73 Å². The third kappa shape index (κ3) is 4.19. The second-order valence-corrected chi connectivity index (χ2v) is 7.34. The van der Waals surface area contributed by atoms with Crippen molar-refractivity contribution in [3.63, 3.8) is 0 Å². The molecule has 0 aliphatic carbocycles. The van der Waals surface area contributed by atoms with Crippen molar-refractivity contribution < 1.29 is 17.9 Å². The fourth-order valence-corrected chi connectivity index (χ4v) is 3.27. The summed E-state index contributed by atoms with van der Waals surface area (Å²) in [6.45, 7) is 2.99. The molecule has 0 spiro atoms. The molecule has 0 amide bonds. The Kier molecular flexibility index (Phi) is 6.04. The summed E-state index contributed by atoms with van der Waals surface area (Å²) in [6, 6.07) is -0.126. The van der Waals surface area contributed by atoms with Crippen LogP contribution in [0.25, 0.3) is 0 Å². The van der Waals surface area contributed by atoms with E-state index in [1.807, 2.05) is 0 Å². The van der Waals surface area contributed by atoms with E-state index in [-0.39, 0.29) is 23.1 Å². The summed E-state index contributed by atoms with van der Waals surface area (Å²) in [4.78, 5) is 0. The smallest absolute Gasteiger partial charge is 0.150 e. The minimum Gasteiger partial charge on any atom is -0.381 e. The van der Waals surface area contributed by atoms with E-state index in [0.29, 0.717) is 26.1 Å². The van der Waals surface area contributed by atoms with E-state index in [9.17, 15) is 8.42 Å². The highest BCUT2D eigenvalue weighted by Gasteiger charge is 2.38. The number of nitrogens with two attached hydrogens (primary N) is 1. The Labute approximate surface area is 110 Å². The van der Waals surface area contributed by atoms with E-state index < -0.39 is 9.84 Å². The monoisotopic (exact) mass is 279 g/mol. The van der Waals surface area contributed by atoms with Gasteiger partial charge in [0.15, 0.2) is 0 Å². The summed E-state index contributed by atoms with van der Waals surface area (Å²) in [5.41, 5.74) is 5.85. The Morgan fingerprint density at radius 1 is 1.39 bits per heavy atom. The quantitative estimate of drug-likeness (QED) is 0.743. The molecule has 1 aliphatic rings. The molecule has 2 N–H and O–H groups in total. The number of hydrogen-bond acceptors (Lipinski definition) is 5. The maximum atomic E-state index is 11.4. The Bertz CT molecular complexity index is 336. The van der Waals surface area contributed by atoms with Crippen molar-refractivity contribution >= 4 is 9.84 Å². The van der Waals surface area contributed by atoms with E-state index in [0.717, 1.165) is 12.8 Å². The molecule has 0 aromatic carbocycles. The first-order valence-electron chi connectivity index (χ1n) is 6.54. The van der Waals surface area contributed by atoms with Crippen LogP contribution >= 0.6 is 0 Å². The standard InChI is InChI=1S/C12H25NO4S/c1-3-18(14,15)10-4-5-11(13)12(16-2)6-8-17-9-7-12/h11H,3-10,13H2,1-2H3. The molecule has 6 heteroatoms. The first-order valence-corrected chi connectivity index (χ1v) is 8.37. The first kappa shape index (κ1) is 15.9. The summed E-state index contributed by atoms with van der Waals surface area (Å²) in [5.74, 6) is 0.416. The van der Waals surface area contributed by atoms with Gasteiger partial charge in [0.1, 0.15) is 9.84 Å². The van der Waals surface area contributed by atoms with Gasteiger partial charge in [-0.2, -0.15) is 0 Å². The van der Waals surface area contributed by atoms with E-state index in [1.165, 1.54) is 0 Å². The predicted molar refractivity (Wildman–Crippen MR) is 71.3 cm³/mol. The lowest BCUT2D eigenvalue weighted by Crippen LogP contribution is -2.53. The Balaban J connectivity index is 2.45. The van der Waals surface area contributed by atoms with Crippen molar-refractivity contribution in [1.82, 2.24) is 0 Å². The van der Waals surface area contributed by atoms with Crippen LogP contribution in [0.5, 0.6) is 0 Å². The van der Waals surface area contributed by atoms with Crippen LogP contribution in [-0.4, -0.2) is 51.9 Å². The van der Waals surface area contributed by atoms with E-state index in [2.05, 4.69) is 0 Å². The summed E-state index contributed by atoms with van der Waals surface area (Å²) in [5, 5.41) is 0. The average Bonchev–Trinajstić information content (AvgIpc) is 2.39. The summed E-state index contributed by atoms with van der Waals surface area (Å²) >= 11 is 0. The second-order valence-electron chi connectivity index (χ2n) is 4.87. The third-order valence-corrected chi connectivity index (χ3v) is 5.62. The normalized spacial score (nSPS) is 21.7. The van der Waals surface area contributed by atoms with E-state index in [1.54, 1.807) is 14.0 Å². The van der Waals surface area contributed by atoms with Crippen molar-refractivity contribution in [2.75, 3.05) is 31.8 Å². The van der Waals surface area contributed by atoms with Gasteiger partial charge in [-0.3, -0.25) is 0 Å². The van der Waals surface area contributed by atoms with Gasteiger partial charge in [-0.25, -0.2) is 8.42 Å². The van der Waals surface area contributed by atoms with Crippen LogP contribution in [-0.2, 0) is 19.3 Å². The highest BCUT2D eigenvalue weighted by atomic mass is 32.2. The summed E-state index contributed by atoms with van der Waals surface area (Å²) < 4.78 is 33.7. The fourth-order valence-electron chi connectivity index (χ4n) is 2.37. The number of sulfone groups is 1. The van der Waals surface area contributed by atoms with E-state index >= 15 is 0 Å². The molecule has 1 heterocycles. The van der Waals surface area contributed by atoms with Gasteiger partial charge in [-0.05, 0) is 12.8 Å². The molecule has 18 heavy (non-hydrogen) atoms. The van der Waals surface area contributed by atoms with Crippen LogP contribution in [0, 0.1) is 0 Å². The zero-order valence-electron chi connectivity index (χ0n) is 11.4. The minimum atomic E-state index is -2.89. The van der Waals surface area contributed by atoms with Gasteiger partial charge in [0.25, 0.3) is 0 Å². The largest absolute Gasteiger partial charge is 0.381 e. The Morgan fingerprint density at radius 3 is 2.50 bits per heavy atom. The second kappa shape index (κ2) is 6.84. The van der Waals surface area contributed by atoms with Gasteiger partial charge in [-0.15, -0.1) is 0 Å². The van der Waals surface area contributed by atoms with Gasteiger partial charge in [0, 0.05) is 45.0 Å². The van der Waals surface area contributed by atoms with Crippen LogP contribution in [0.15, 0.2) is 0 Å². The van der Waals surface area contributed by atoms with Gasteiger partial charge in [0.2, 0.25) is 0 Å². The molecule has 0 saturated carbocycles. The van der Waals surface area contributed by atoms with Gasteiger partial charge in [0.05, 0.1) is 11.4 Å². The highest BCUT2D eigenvalue weighted by molar-refractivity contribution is 7.91. The number of ether oxygens (including phenoxy) is 2. The average molecular weight is 279 g/mol. The topological polar surface area (TPSA) is 78.6 Å². The zero-order valence-corrected chi connectivity index (χ0v) is 12.2. The molecule has 1 rings (SSSR count). The molecule has 1 unspecified atom stereocenters. The number of hydrogen-bond donors (Lipinski definition) is 1. The zero-order chi connectivity index (χ0) is 13.6. The van der Waals surface area contributed by atoms with Gasteiger partial charge < -0.3 is 15.2 Å². The van der Waals surface area contributed by atoms with Crippen LogP contribution in [0.4, 0.5) is 0 Å². The lowest BCUT2D eigenvalue weighted by molar-refractivity contribution is -0.105. The number of methoxy groups -OCH3 is 1. The van der Waals surface area contributed by atoms with Gasteiger partial charge in [-0.1, -0.05) is 6.92 Å². The molecule has 0 radical (unpaired) electrons. The maximum absolute atomic E-state index is 11.4. The Hall–Kier alpha value is -0.170. The molecule has 1 saturated heterocycles. The molecule has 0 bridgehead atoms. The first-order chi connectivity index (χ1) is 8.46. The van der Waals surface area contributed by atoms with Crippen molar-refractivity contribution in [1.29, 1.82) is 0 Å². The van der Waals surface area contributed by atoms with Crippen molar-refractivity contribution in [2.45, 2.75) is 44.2 Å². The predicted octanol–water partition coefficient (Wildman–Crippen LogP) is 0.724. The Morgan fingerprint density at radius 2 is 2.00 bits per heavy atom. The van der Waals surface area contributed by atoms with Crippen LogP contribution in [0.2, 0.25) is 0 Å². The molecule has 1 aliphatic heterocycles. The molecule has 0 aromatic rings. The maximum Gasteiger partial charge on any atom is 0.150 e. The molecular formula is C12H25NO4S. The third-order valence-electron chi connectivity index (χ3n) is 3.83. The van der Waals surface area contributed by atoms with Crippen molar-refractivity contribution in [3.05, 3.63) is 0 Å². The molecule has 108 valence electrons. The fraction of sp³-hybridized carbons (Fsp3) is 1.00. The number of rotatable bonds is 7. The molecular weight excluding hydrogens is 254 g/mol. The van der Waals surface area contributed by atoms with Crippen molar-refractivity contribution in [2.24, 2.45) is 5.73 Å². The minimum absolute atomic E-state index is 0.126. The molecule has 1 fully saturated rings. The lowest BCUT2D eigenvalue weighted by atomic mass is 9.84. The summed E-state index contributed by atoms with van der Waals surface area (Å²) in [6.07, 6.45) is 2.84. The van der Waals surface area contributed by atoms with Gasteiger partial charge >= 0.3 is 0 Å². The highest BCUT2D eigenvalue weighted by Crippen LogP contribution is 2.29. The van der Waals surface area contributed by atoms with Crippen molar-refractivity contribution in [3.8, 4) is 0 Å². The lowest BCUT2D eigenvalue weighted by Gasteiger charge is -2.40.